The normalized spacial score (nSPS) is 10.2. The highest BCUT2D eigenvalue weighted by atomic mass is 79.9. The Labute approximate surface area is 144 Å². The van der Waals surface area contributed by atoms with Gasteiger partial charge in [-0.25, -0.2) is 0 Å². The van der Waals surface area contributed by atoms with Crippen LogP contribution in [0.3, 0.4) is 0 Å². The summed E-state index contributed by atoms with van der Waals surface area (Å²) in [5.74, 6) is -1.28. The number of carbonyl (C=O) groups excluding carboxylic acids is 2. The van der Waals surface area contributed by atoms with Gasteiger partial charge in [0, 0.05) is 11.0 Å². The Morgan fingerprint density at radius 2 is 1.78 bits per heavy atom. The van der Waals surface area contributed by atoms with Gasteiger partial charge in [0.1, 0.15) is 0 Å². The largest absolute Gasteiger partial charge is 0.348 e. The summed E-state index contributed by atoms with van der Waals surface area (Å²) in [6, 6.07) is 15.6. The average molecular weight is 375 g/mol. The maximum Gasteiger partial charge on any atom is 0.313 e. The first-order valence-electron chi connectivity index (χ1n) is 7.45. The fraction of sp³-hybridized carbons (Fsp3) is 0.222. The van der Waals surface area contributed by atoms with E-state index in [1.165, 1.54) is 5.56 Å². The molecular weight excluding hydrogens is 356 g/mol. The molecular formula is C18H19BrN2O2. The molecule has 2 amide bonds. The van der Waals surface area contributed by atoms with E-state index in [0.717, 1.165) is 22.9 Å². The van der Waals surface area contributed by atoms with Crippen molar-refractivity contribution < 1.29 is 9.59 Å². The topological polar surface area (TPSA) is 58.2 Å². The number of hydrogen-bond donors (Lipinski definition) is 2. The van der Waals surface area contributed by atoms with Crippen LogP contribution in [0.5, 0.6) is 0 Å². The number of carbonyl (C=O) groups is 2. The van der Waals surface area contributed by atoms with Crippen molar-refractivity contribution in [2.45, 2.75) is 19.8 Å². The first kappa shape index (κ1) is 17.2. The summed E-state index contributed by atoms with van der Waals surface area (Å²) in [5, 5.41) is 5.24. The molecule has 0 aliphatic rings. The fourth-order valence-electron chi connectivity index (χ4n) is 2.12. The molecule has 120 valence electrons. The highest BCUT2D eigenvalue weighted by molar-refractivity contribution is 9.10. The smallest absolute Gasteiger partial charge is 0.313 e. The molecule has 4 nitrogen and oxygen atoms in total. The van der Waals surface area contributed by atoms with Gasteiger partial charge in [0.25, 0.3) is 0 Å². The number of hydrogen-bond acceptors (Lipinski definition) is 2. The second-order valence-corrected chi connectivity index (χ2v) is 6.14. The van der Waals surface area contributed by atoms with Gasteiger partial charge in [-0.1, -0.05) is 36.4 Å². The molecule has 23 heavy (non-hydrogen) atoms. The Morgan fingerprint density at radius 1 is 1.04 bits per heavy atom. The summed E-state index contributed by atoms with van der Waals surface area (Å²) in [6.45, 7) is 2.42. The molecule has 2 N–H and O–H groups in total. The van der Waals surface area contributed by atoms with Crippen molar-refractivity contribution in [3.63, 3.8) is 0 Å². The number of amides is 2. The van der Waals surface area contributed by atoms with E-state index in [4.69, 9.17) is 0 Å². The van der Waals surface area contributed by atoms with Crippen molar-refractivity contribution in [3.05, 3.63) is 64.1 Å². The van der Waals surface area contributed by atoms with Crippen molar-refractivity contribution in [2.75, 3.05) is 11.9 Å². The zero-order valence-electron chi connectivity index (χ0n) is 12.9. The Bertz CT molecular complexity index is 687. The molecule has 0 heterocycles. The van der Waals surface area contributed by atoms with Gasteiger partial charge in [-0.3, -0.25) is 9.59 Å². The van der Waals surface area contributed by atoms with Gasteiger partial charge in [0.2, 0.25) is 0 Å². The second-order valence-electron chi connectivity index (χ2n) is 5.28. The third-order valence-electron chi connectivity index (χ3n) is 3.35. The zero-order chi connectivity index (χ0) is 16.7. The van der Waals surface area contributed by atoms with Crippen LogP contribution in [-0.2, 0) is 16.0 Å². The van der Waals surface area contributed by atoms with Gasteiger partial charge >= 0.3 is 11.8 Å². The van der Waals surface area contributed by atoms with Crippen LogP contribution >= 0.6 is 15.9 Å². The average Bonchev–Trinajstić information content (AvgIpc) is 2.55. The van der Waals surface area contributed by atoms with E-state index in [1.807, 2.05) is 49.4 Å². The number of aryl methyl sites for hydroxylation is 2. The number of nitrogens with one attached hydrogen (secondary N) is 2. The van der Waals surface area contributed by atoms with E-state index in [-0.39, 0.29) is 0 Å². The summed E-state index contributed by atoms with van der Waals surface area (Å²) in [6.07, 6.45) is 1.66. The lowest BCUT2D eigenvalue weighted by Crippen LogP contribution is -2.36. The summed E-state index contributed by atoms with van der Waals surface area (Å²) in [4.78, 5) is 23.7. The number of benzene rings is 2. The molecule has 0 aromatic heterocycles. The van der Waals surface area contributed by atoms with E-state index >= 15 is 0 Å². The van der Waals surface area contributed by atoms with Crippen molar-refractivity contribution in [1.82, 2.24) is 5.32 Å². The molecule has 0 fully saturated rings. The van der Waals surface area contributed by atoms with Crippen LogP contribution in [0.2, 0.25) is 0 Å². The molecule has 0 unspecified atom stereocenters. The maximum absolute atomic E-state index is 11.9. The van der Waals surface area contributed by atoms with Gasteiger partial charge in [0.15, 0.2) is 0 Å². The highest BCUT2D eigenvalue weighted by Crippen LogP contribution is 2.23. The van der Waals surface area contributed by atoms with Gasteiger partial charge in [-0.05, 0) is 59.0 Å². The molecule has 0 atom stereocenters. The molecule has 0 radical (unpaired) electrons. The summed E-state index contributed by atoms with van der Waals surface area (Å²) < 4.78 is 0.753. The Balaban J connectivity index is 1.75. The first-order valence-corrected chi connectivity index (χ1v) is 8.25. The minimum absolute atomic E-state index is 0.468. The Hall–Kier alpha value is -2.14. The molecule has 2 aromatic carbocycles. The monoisotopic (exact) mass is 374 g/mol. The van der Waals surface area contributed by atoms with Crippen LogP contribution in [0.25, 0.3) is 0 Å². The van der Waals surface area contributed by atoms with Gasteiger partial charge in [-0.15, -0.1) is 0 Å². The van der Waals surface area contributed by atoms with E-state index < -0.39 is 11.8 Å². The highest BCUT2D eigenvalue weighted by Gasteiger charge is 2.14. The molecule has 0 aliphatic carbocycles. The molecule has 2 rings (SSSR count). The molecule has 0 saturated carbocycles. The Kier molecular flexibility index (Phi) is 6.35. The van der Waals surface area contributed by atoms with Crippen molar-refractivity contribution in [2.24, 2.45) is 0 Å². The lowest BCUT2D eigenvalue weighted by molar-refractivity contribution is -0.136. The molecule has 2 aromatic rings. The summed E-state index contributed by atoms with van der Waals surface area (Å²) in [5.41, 5.74) is 2.87. The fourth-order valence-corrected chi connectivity index (χ4v) is 2.71. The van der Waals surface area contributed by atoms with Crippen LogP contribution in [0, 0.1) is 6.92 Å². The standard InChI is InChI=1S/C18H19BrN2O2/c1-13-9-10-16(15(19)12-13)21-18(23)17(22)20-11-5-8-14-6-3-2-4-7-14/h2-4,6-7,9-10,12H,5,8,11H2,1H3,(H,20,22)(H,21,23). The van der Waals surface area contributed by atoms with Gasteiger partial charge in [0.05, 0.1) is 5.69 Å². The molecule has 0 saturated heterocycles. The predicted molar refractivity (Wildman–Crippen MR) is 95.3 cm³/mol. The molecule has 0 aliphatic heterocycles. The van der Waals surface area contributed by atoms with Crippen LogP contribution in [0.4, 0.5) is 5.69 Å². The summed E-state index contributed by atoms with van der Waals surface area (Å²) >= 11 is 3.37. The Morgan fingerprint density at radius 3 is 2.48 bits per heavy atom. The zero-order valence-corrected chi connectivity index (χ0v) is 14.5. The van der Waals surface area contributed by atoms with Crippen LogP contribution in [0.1, 0.15) is 17.5 Å². The summed E-state index contributed by atoms with van der Waals surface area (Å²) in [7, 11) is 0. The SMILES string of the molecule is Cc1ccc(NC(=O)C(=O)NCCCc2ccccc2)c(Br)c1. The van der Waals surface area contributed by atoms with Crippen molar-refractivity contribution >= 4 is 33.4 Å². The van der Waals surface area contributed by atoms with Crippen molar-refractivity contribution in [1.29, 1.82) is 0 Å². The molecule has 0 bridgehead atoms. The molecule has 5 heteroatoms. The van der Waals surface area contributed by atoms with Crippen LogP contribution in [-0.4, -0.2) is 18.4 Å². The minimum Gasteiger partial charge on any atom is -0.348 e. The predicted octanol–water partition coefficient (Wildman–Crippen LogP) is 3.45. The van der Waals surface area contributed by atoms with E-state index in [2.05, 4.69) is 26.6 Å². The number of anilines is 1. The van der Waals surface area contributed by atoms with E-state index in [9.17, 15) is 9.59 Å². The lowest BCUT2D eigenvalue weighted by Gasteiger charge is -2.08. The maximum atomic E-state index is 11.9. The van der Waals surface area contributed by atoms with Crippen molar-refractivity contribution in [3.8, 4) is 0 Å². The van der Waals surface area contributed by atoms with Gasteiger partial charge < -0.3 is 10.6 Å². The first-order chi connectivity index (χ1) is 11.1. The lowest BCUT2D eigenvalue weighted by atomic mass is 10.1. The third-order valence-corrected chi connectivity index (χ3v) is 4.01. The van der Waals surface area contributed by atoms with Crippen LogP contribution < -0.4 is 10.6 Å². The minimum atomic E-state index is -0.658. The third kappa shape index (κ3) is 5.53. The quantitative estimate of drug-likeness (QED) is 0.621. The van der Waals surface area contributed by atoms with Crippen LogP contribution in [0.15, 0.2) is 53.0 Å². The second kappa shape index (κ2) is 8.48. The van der Waals surface area contributed by atoms with Gasteiger partial charge in [-0.2, -0.15) is 0 Å². The van der Waals surface area contributed by atoms with E-state index in [0.29, 0.717) is 12.2 Å². The number of rotatable bonds is 5. The molecule has 0 spiro atoms. The number of halogens is 1. The van der Waals surface area contributed by atoms with E-state index in [1.54, 1.807) is 6.07 Å².